The molecule has 2 heteroatoms. The minimum atomic E-state index is -0.198. The van der Waals surface area contributed by atoms with Crippen LogP contribution in [0.15, 0.2) is 0 Å². The van der Waals surface area contributed by atoms with Crippen LogP contribution >= 0.6 is 0 Å². The Balaban J connectivity index is 1.78. The van der Waals surface area contributed by atoms with E-state index in [-0.39, 0.29) is 12.2 Å². The van der Waals surface area contributed by atoms with Crippen molar-refractivity contribution in [2.75, 3.05) is 0 Å². The third kappa shape index (κ3) is 2.71. The Morgan fingerprint density at radius 2 is 1.50 bits per heavy atom. The number of aliphatic hydroxyl groups is 1. The van der Waals surface area contributed by atoms with E-state index in [1.54, 1.807) is 0 Å². The lowest BCUT2D eigenvalue weighted by atomic mass is 9.93. The van der Waals surface area contributed by atoms with Gasteiger partial charge in [-0.3, -0.25) is 0 Å². The SMILES string of the molecule is OC1CCCCCCC1OC1CCC1. The zero-order valence-corrected chi connectivity index (χ0v) is 8.95. The van der Waals surface area contributed by atoms with Crippen molar-refractivity contribution in [2.45, 2.75) is 76.1 Å². The average Bonchev–Trinajstić information content (AvgIpc) is 2.08. The summed E-state index contributed by atoms with van der Waals surface area (Å²) in [4.78, 5) is 0. The predicted octanol–water partition coefficient (Wildman–Crippen LogP) is 2.64. The van der Waals surface area contributed by atoms with Gasteiger partial charge in [-0.15, -0.1) is 0 Å². The molecule has 2 atom stereocenters. The second-order valence-electron chi connectivity index (χ2n) is 4.79. The molecule has 0 radical (unpaired) electrons. The third-order valence-corrected chi connectivity index (χ3v) is 3.59. The van der Waals surface area contributed by atoms with Gasteiger partial charge < -0.3 is 9.84 Å². The Labute approximate surface area is 86.6 Å². The van der Waals surface area contributed by atoms with Gasteiger partial charge in [-0.1, -0.05) is 25.7 Å². The van der Waals surface area contributed by atoms with Gasteiger partial charge in [-0.25, -0.2) is 0 Å². The van der Waals surface area contributed by atoms with Crippen molar-refractivity contribution in [3.8, 4) is 0 Å². The molecule has 2 rings (SSSR count). The van der Waals surface area contributed by atoms with Crippen molar-refractivity contribution >= 4 is 0 Å². The van der Waals surface area contributed by atoms with E-state index in [2.05, 4.69) is 0 Å². The van der Waals surface area contributed by atoms with Crippen molar-refractivity contribution in [1.82, 2.24) is 0 Å². The Morgan fingerprint density at radius 1 is 0.786 bits per heavy atom. The fraction of sp³-hybridized carbons (Fsp3) is 1.00. The van der Waals surface area contributed by atoms with Crippen LogP contribution in [0.5, 0.6) is 0 Å². The molecule has 0 saturated heterocycles. The van der Waals surface area contributed by atoms with Gasteiger partial charge in [-0.2, -0.15) is 0 Å². The van der Waals surface area contributed by atoms with Crippen LogP contribution in [0.1, 0.15) is 57.8 Å². The lowest BCUT2D eigenvalue weighted by Gasteiger charge is -2.33. The Bertz CT molecular complexity index is 166. The molecule has 2 nitrogen and oxygen atoms in total. The highest BCUT2D eigenvalue weighted by Crippen LogP contribution is 2.28. The number of aliphatic hydroxyl groups excluding tert-OH is 1. The molecule has 0 aromatic carbocycles. The molecule has 0 aromatic rings. The first kappa shape index (κ1) is 10.4. The molecule has 0 aromatic heterocycles. The Morgan fingerprint density at radius 3 is 2.14 bits per heavy atom. The Hall–Kier alpha value is -0.0800. The zero-order valence-electron chi connectivity index (χ0n) is 8.95. The predicted molar refractivity (Wildman–Crippen MR) is 56.2 cm³/mol. The van der Waals surface area contributed by atoms with Crippen LogP contribution in [0, 0.1) is 0 Å². The maximum atomic E-state index is 9.92. The molecule has 0 amide bonds. The van der Waals surface area contributed by atoms with E-state index in [1.165, 1.54) is 44.9 Å². The van der Waals surface area contributed by atoms with E-state index in [0.717, 1.165) is 12.8 Å². The smallest absolute Gasteiger partial charge is 0.0837 e. The van der Waals surface area contributed by atoms with Gasteiger partial charge in [0.1, 0.15) is 0 Å². The second kappa shape index (κ2) is 5.13. The fourth-order valence-electron chi connectivity index (χ4n) is 2.34. The molecule has 0 bridgehead atoms. The topological polar surface area (TPSA) is 29.5 Å². The van der Waals surface area contributed by atoms with Crippen molar-refractivity contribution in [3.63, 3.8) is 0 Å². The van der Waals surface area contributed by atoms with Crippen molar-refractivity contribution in [1.29, 1.82) is 0 Å². The molecular formula is C12H22O2. The van der Waals surface area contributed by atoms with Crippen molar-refractivity contribution < 1.29 is 9.84 Å². The van der Waals surface area contributed by atoms with Crippen LogP contribution in [0.3, 0.4) is 0 Å². The summed E-state index contributed by atoms with van der Waals surface area (Å²) in [5, 5.41) is 9.92. The van der Waals surface area contributed by atoms with Crippen LogP contribution < -0.4 is 0 Å². The maximum Gasteiger partial charge on any atom is 0.0837 e. The van der Waals surface area contributed by atoms with Gasteiger partial charge >= 0.3 is 0 Å². The van der Waals surface area contributed by atoms with E-state index >= 15 is 0 Å². The highest BCUT2D eigenvalue weighted by Gasteiger charge is 2.27. The quantitative estimate of drug-likeness (QED) is 0.739. The monoisotopic (exact) mass is 198 g/mol. The van der Waals surface area contributed by atoms with Crippen LogP contribution in [-0.4, -0.2) is 23.4 Å². The number of hydrogen-bond donors (Lipinski definition) is 1. The van der Waals surface area contributed by atoms with Crippen LogP contribution in [0.4, 0.5) is 0 Å². The lowest BCUT2D eigenvalue weighted by molar-refractivity contribution is -0.109. The minimum Gasteiger partial charge on any atom is -0.390 e. The zero-order chi connectivity index (χ0) is 9.80. The molecule has 1 N–H and O–H groups in total. The molecule has 2 aliphatic carbocycles. The third-order valence-electron chi connectivity index (χ3n) is 3.59. The maximum absolute atomic E-state index is 9.92. The highest BCUT2D eigenvalue weighted by molar-refractivity contribution is 4.77. The molecule has 2 unspecified atom stereocenters. The molecule has 2 saturated carbocycles. The largest absolute Gasteiger partial charge is 0.390 e. The van der Waals surface area contributed by atoms with E-state index in [9.17, 15) is 5.11 Å². The molecule has 82 valence electrons. The van der Waals surface area contributed by atoms with Crippen LogP contribution in [-0.2, 0) is 4.74 Å². The minimum absolute atomic E-state index is 0.139. The molecule has 2 fully saturated rings. The molecule has 0 spiro atoms. The highest BCUT2D eigenvalue weighted by atomic mass is 16.5. The summed E-state index contributed by atoms with van der Waals surface area (Å²) >= 11 is 0. The molecule has 0 aliphatic heterocycles. The van der Waals surface area contributed by atoms with E-state index in [1.807, 2.05) is 0 Å². The summed E-state index contributed by atoms with van der Waals surface area (Å²) in [5.74, 6) is 0. The summed E-state index contributed by atoms with van der Waals surface area (Å²) < 4.78 is 5.93. The van der Waals surface area contributed by atoms with Gasteiger partial charge in [0, 0.05) is 0 Å². The van der Waals surface area contributed by atoms with Crippen LogP contribution in [0.2, 0.25) is 0 Å². The second-order valence-corrected chi connectivity index (χ2v) is 4.79. The summed E-state index contributed by atoms with van der Waals surface area (Å²) in [7, 11) is 0. The molecule has 0 heterocycles. The summed E-state index contributed by atoms with van der Waals surface area (Å²) in [5.41, 5.74) is 0. The van der Waals surface area contributed by atoms with Gasteiger partial charge in [-0.05, 0) is 32.1 Å². The van der Waals surface area contributed by atoms with Gasteiger partial charge in [0.2, 0.25) is 0 Å². The van der Waals surface area contributed by atoms with Crippen molar-refractivity contribution in [3.05, 3.63) is 0 Å². The van der Waals surface area contributed by atoms with Crippen LogP contribution in [0.25, 0.3) is 0 Å². The summed E-state index contributed by atoms with van der Waals surface area (Å²) in [6.07, 6.45) is 11.2. The molecule has 14 heavy (non-hydrogen) atoms. The number of rotatable bonds is 2. The standard InChI is InChI=1S/C12H22O2/c13-11-8-3-1-2-4-9-12(11)14-10-6-5-7-10/h10-13H,1-9H2. The van der Waals surface area contributed by atoms with E-state index in [4.69, 9.17) is 4.74 Å². The van der Waals surface area contributed by atoms with Gasteiger partial charge in [0.05, 0.1) is 18.3 Å². The van der Waals surface area contributed by atoms with E-state index < -0.39 is 0 Å². The molecular weight excluding hydrogens is 176 g/mol. The van der Waals surface area contributed by atoms with Gasteiger partial charge in [0.15, 0.2) is 0 Å². The first-order valence-corrected chi connectivity index (χ1v) is 6.20. The average molecular weight is 198 g/mol. The van der Waals surface area contributed by atoms with Crippen molar-refractivity contribution in [2.24, 2.45) is 0 Å². The lowest BCUT2D eigenvalue weighted by Crippen LogP contribution is -2.36. The Kier molecular flexibility index (Phi) is 3.82. The normalized spacial score (nSPS) is 35.8. The first-order valence-electron chi connectivity index (χ1n) is 6.20. The summed E-state index contributed by atoms with van der Waals surface area (Å²) in [6.45, 7) is 0. The van der Waals surface area contributed by atoms with Gasteiger partial charge in [0.25, 0.3) is 0 Å². The van der Waals surface area contributed by atoms with E-state index in [0.29, 0.717) is 6.10 Å². The fourth-order valence-corrected chi connectivity index (χ4v) is 2.34. The first-order chi connectivity index (χ1) is 6.86. The number of ether oxygens (including phenoxy) is 1. The number of hydrogen-bond acceptors (Lipinski definition) is 2. The summed E-state index contributed by atoms with van der Waals surface area (Å²) in [6, 6.07) is 0. The molecule has 2 aliphatic rings.